The number of nitrogens with zero attached hydrogens (tertiary/aromatic N) is 2. The largest absolute Gasteiger partial charge is 0.392 e. The Kier molecular flexibility index (Phi) is 4.37. The number of aromatic nitrogens is 2. The number of hydrogen-bond donors (Lipinski definition) is 1. The lowest BCUT2D eigenvalue weighted by Crippen LogP contribution is -2.14. The molecule has 5 heteroatoms. The zero-order valence-electron chi connectivity index (χ0n) is 11.2. The van der Waals surface area contributed by atoms with Crippen molar-refractivity contribution in [3.05, 3.63) is 34.1 Å². The van der Waals surface area contributed by atoms with Gasteiger partial charge in [-0.05, 0) is 37.1 Å². The summed E-state index contributed by atoms with van der Waals surface area (Å²) in [7, 11) is 0. The molecule has 0 fully saturated rings. The zero-order chi connectivity index (χ0) is 14.0. The Morgan fingerprint density at radius 3 is 2.79 bits per heavy atom. The Labute approximate surface area is 121 Å². The van der Waals surface area contributed by atoms with Crippen molar-refractivity contribution in [1.82, 2.24) is 10.1 Å². The SMILES string of the molecule is CCC(O)C(C)c1nc(-c2ccc(Br)cc2C)no1. The third kappa shape index (κ3) is 3.04. The highest BCUT2D eigenvalue weighted by molar-refractivity contribution is 9.10. The number of aliphatic hydroxyl groups excluding tert-OH is 1. The van der Waals surface area contributed by atoms with Crippen LogP contribution in [-0.2, 0) is 0 Å². The number of benzene rings is 1. The molecule has 0 radical (unpaired) electrons. The maximum absolute atomic E-state index is 9.82. The Balaban J connectivity index is 2.30. The second-order valence-corrected chi connectivity index (χ2v) is 5.60. The molecule has 0 aliphatic rings. The van der Waals surface area contributed by atoms with Crippen LogP contribution in [0.5, 0.6) is 0 Å². The second-order valence-electron chi connectivity index (χ2n) is 4.68. The highest BCUT2D eigenvalue weighted by atomic mass is 79.9. The Morgan fingerprint density at radius 1 is 1.42 bits per heavy atom. The standard InChI is InChI=1S/C14H17BrN2O2/c1-4-12(18)9(3)14-16-13(17-19-14)11-6-5-10(15)7-8(11)2/h5-7,9,12,18H,4H2,1-3H3. The van der Waals surface area contributed by atoms with Gasteiger partial charge in [0.2, 0.25) is 11.7 Å². The molecule has 2 atom stereocenters. The van der Waals surface area contributed by atoms with Gasteiger partial charge in [0.25, 0.3) is 0 Å². The first-order valence-electron chi connectivity index (χ1n) is 6.31. The van der Waals surface area contributed by atoms with Gasteiger partial charge in [0.05, 0.1) is 12.0 Å². The fourth-order valence-electron chi connectivity index (χ4n) is 1.93. The van der Waals surface area contributed by atoms with Gasteiger partial charge in [-0.15, -0.1) is 0 Å². The van der Waals surface area contributed by atoms with E-state index in [9.17, 15) is 5.11 Å². The summed E-state index contributed by atoms with van der Waals surface area (Å²) in [4.78, 5) is 4.39. The van der Waals surface area contributed by atoms with Gasteiger partial charge in [-0.3, -0.25) is 0 Å². The third-order valence-corrected chi connectivity index (χ3v) is 3.75. The highest BCUT2D eigenvalue weighted by Gasteiger charge is 2.21. The van der Waals surface area contributed by atoms with Crippen LogP contribution < -0.4 is 0 Å². The summed E-state index contributed by atoms with van der Waals surface area (Å²) in [6, 6.07) is 5.91. The van der Waals surface area contributed by atoms with Crippen LogP contribution in [0.25, 0.3) is 11.4 Å². The molecule has 0 aliphatic heterocycles. The van der Waals surface area contributed by atoms with E-state index in [4.69, 9.17) is 4.52 Å². The lowest BCUT2D eigenvalue weighted by Gasteiger charge is -2.11. The topological polar surface area (TPSA) is 59.2 Å². The molecule has 19 heavy (non-hydrogen) atoms. The molecule has 2 aromatic rings. The number of aliphatic hydroxyl groups is 1. The Morgan fingerprint density at radius 2 is 2.16 bits per heavy atom. The van der Waals surface area contributed by atoms with Gasteiger partial charge in [0.1, 0.15) is 0 Å². The molecule has 0 aliphatic carbocycles. The Bertz CT molecular complexity index is 568. The molecular formula is C14H17BrN2O2. The summed E-state index contributed by atoms with van der Waals surface area (Å²) in [6.45, 7) is 5.82. The zero-order valence-corrected chi connectivity index (χ0v) is 12.8. The van der Waals surface area contributed by atoms with E-state index < -0.39 is 6.10 Å². The van der Waals surface area contributed by atoms with E-state index in [-0.39, 0.29) is 5.92 Å². The van der Waals surface area contributed by atoms with Crippen molar-refractivity contribution < 1.29 is 9.63 Å². The van der Waals surface area contributed by atoms with E-state index in [0.717, 1.165) is 15.6 Å². The Hall–Kier alpha value is -1.20. The maximum Gasteiger partial charge on any atom is 0.232 e. The van der Waals surface area contributed by atoms with Crippen LogP contribution >= 0.6 is 15.9 Å². The van der Waals surface area contributed by atoms with Gasteiger partial charge in [0.15, 0.2) is 0 Å². The van der Waals surface area contributed by atoms with Gasteiger partial charge in [-0.1, -0.05) is 34.9 Å². The second kappa shape index (κ2) is 5.84. The van der Waals surface area contributed by atoms with Crippen LogP contribution in [0.4, 0.5) is 0 Å². The molecule has 1 aromatic heterocycles. The van der Waals surface area contributed by atoms with Crippen LogP contribution in [0.3, 0.4) is 0 Å². The van der Waals surface area contributed by atoms with Crippen molar-refractivity contribution in [1.29, 1.82) is 0 Å². The van der Waals surface area contributed by atoms with Gasteiger partial charge in [0, 0.05) is 10.0 Å². The molecule has 1 heterocycles. The van der Waals surface area contributed by atoms with Crippen LogP contribution in [0.1, 0.15) is 37.6 Å². The minimum Gasteiger partial charge on any atom is -0.392 e. The van der Waals surface area contributed by atoms with E-state index in [1.165, 1.54) is 0 Å². The van der Waals surface area contributed by atoms with Gasteiger partial charge < -0.3 is 9.63 Å². The quantitative estimate of drug-likeness (QED) is 0.931. The van der Waals surface area contributed by atoms with Crippen molar-refractivity contribution in [2.45, 2.75) is 39.2 Å². The van der Waals surface area contributed by atoms with Gasteiger partial charge in [-0.2, -0.15) is 4.98 Å². The van der Waals surface area contributed by atoms with Crippen LogP contribution in [0, 0.1) is 6.92 Å². The molecule has 0 saturated carbocycles. The average molecular weight is 325 g/mol. The fraction of sp³-hybridized carbons (Fsp3) is 0.429. The predicted molar refractivity (Wildman–Crippen MR) is 76.9 cm³/mol. The highest BCUT2D eigenvalue weighted by Crippen LogP contribution is 2.26. The van der Waals surface area contributed by atoms with E-state index >= 15 is 0 Å². The molecule has 0 saturated heterocycles. The predicted octanol–water partition coefficient (Wildman–Crippen LogP) is 3.68. The van der Waals surface area contributed by atoms with Crippen LogP contribution in [-0.4, -0.2) is 21.4 Å². The maximum atomic E-state index is 9.82. The summed E-state index contributed by atoms with van der Waals surface area (Å²) in [6.07, 6.45) is 0.204. The van der Waals surface area contributed by atoms with Gasteiger partial charge >= 0.3 is 0 Å². The first kappa shape index (κ1) is 14.2. The molecule has 1 N–H and O–H groups in total. The minimum atomic E-state index is -0.459. The smallest absolute Gasteiger partial charge is 0.232 e. The number of hydrogen-bond acceptors (Lipinski definition) is 4. The molecule has 1 aromatic carbocycles. The molecule has 2 unspecified atom stereocenters. The minimum absolute atomic E-state index is 0.151. The van der Waals surface area contributed by atoms with E-state index in [0.29, 0.717) is 18.1 Å². The molecule has 0 spiro atoms. The summed E-state index contributed by atoms with van der Waals surface area (Å²) < 4.78 is 6.28. The van der Waals surface area contributed by atoms with Gasteiger partial charge in [-0.25, -0.2) is 0 Å². The summed E-state index contributed by atoms with van der Waals surface area (Å²) in [5, 5.41) is 13.8. The molecule has 2 rings (SSSR count). The van der Waals surface area contributed by atoms with Crippen molar-refractivity contribution >= 4 is 15.9 Å². The number of rotatable bonds is 4. The van der Waals surface area contributed by atoms with Crippen LogP contribution in [0.15, 0.2) is 27.2 Å². The fourth-order valence-corrected chi connectivity index (χ4v) is 2.40. The molecule has 0 bridgehead atoms. The monoisotopic (exact) mass is 324 g/mol. The molecule has 102 valence electrons. The van der Waals surface area contributed by atoms with Crippen molar-refractivity contribution in [3.63, 3.8) is 0 Å². The van der Waals surface area contributed by atoms with E-state index in [2.05, 4.69) is 26.1 Å². The first-order valence-corrected chi connectivity index (χ1v) is 7.10. The van der Waals surface area contributed by atoms with E-state index in [1.807, 2.05) is 39.0 Å². The number of halogens is 1. The van der Waals surface area contributed by atoms with Crippen molar-refractivity contribution in [2.24, 2.45) is 0 Å². The third-order valence-electron chi connectivity index (χ3n) is 3.26. The molecule has 0 amide bonds. The number of aryl methyl sites for hydroxylation is 1. The lowest BCUT2D eigenvalue weighted by atomic mass is 10.0. The molecule has 4 nitrogen and oxygen atoms in total. The van der Waals surface area contributed by atoms with E-state index in [1.54, 1.807) is 0 Å². The first-order chi connectivity index (χ1) is 9.02. The lowest BCUT2D eigenvalue weighted by molar-refractivity contribution is 0.129. The van der Waals surface area contributed by atoms with Crippen molar-refractivity contribution in [3.8, 4) is 11.4 Å². The summed E-state index contributed by atoms with van der Waals surface area (Å²) in [5.74, 6) is 0.892. The average Bonchev–Trinajstić information content (AvgIpc) is 2.86. The normalized spacial score (nSPS) is 14.4. The summed E-state index contributed by atoms with van der Waals surface area (Å²) >= 11 is 3.43. The summed E-state index contributed by atoms with van der Waals surface area (Å²) in [5.41, 5.74) is 2.02. The van der Waals surface area contributed by atoms with Crippen molar-refractivity contribution in [2.75, 3.05) is 0 Å². The van der Waals surface area contributed by atoms with Crippen LogP contribution in [0.2, 0.25) is 0 Å². The molecular weight excluding hydrogens is 308 g/mol.